The molecule has 0 bridgehead atoms. The number of para-hydroxylation sites is 1. The highest BCUT2D eigenvalue weighted by atomic mass is 16.5. The Balaban J connectivity index is 1.60. The lowest BCUT2D eigenvalue weighted by Gasteiger charge is -2.11. The third-order valence-corrected chi connectivity index (χ3v) is 4.09. The number of amides is 2. The number of furan rings is 1. The summed E-state index contributed by atoms with van der Waals surface area (Å²) in [6, 6.07) is 16.9. The fourth-order valence-corrected chi connectivity index (χ4v) is 2.64. The van der Waals surface area contributed by atoms with E-state index in [9.17, 15) is 14.4 Å². The first-order chi connectivity index (χ1) is 14.1. The summed E-state index contributed by atoms with van der Waals surface area (Å²) in [5.41, 5.74) is 2.11. The second-order valence-corrected chi connectivity index (χ2v) is 6.16. The molecule has 2 aromatic carbocycles. The summed E-state index contributed by atoms with van der Waals surface area (Å²) in [5.74, 6) is -1.56. The molecule has 0 fully saturated rings. The maximum Gasteiger partial charge on any atom is 0.340 e. The van der Waals surface area contributed by atoms with E-state index in [4.69, 9.17) is 9.15 Å². The number of anilines is 2. The number of carbonyl (C=O) groups is 3. The lowest BCUT2D eigenvalue weighted by molar-refractivity contribution is -0.119. The Morgan fingerprint density at radius 2 is 1.79 bits per heavy atom. The number of esters is 1. The number of ether oxygens (including phenoxy) is 1. The fraction of sp³-hybridized carbons (Fsp3) is 0.136. The number of benzene rings is 2. The molecule has 0 aliphatic heterocycles. The van der Waals surface area contributed by atoms with Crippen molar-refractivity contribution in [3.05, 3.63) is 83.8 Å². The fourth-order valence-electron chi connectivity index (χ4n) is 2.64. The van der Waals surface area contributed by atoms with E-state index in [1.54, 1.807) is 30.3 Å². The largest absolute Gasteiger partial charge is 0.459 e. The van der Waals surface area contributed by atoms with Crippen LogP contribution in [0.4, 0.5) is 11.4 Å². The second-order valence-electron chi connectivity index (χ2n) is 6.16. The summed E-state index contributed by atoms with van der Waals surface area (Å²) >= 11 is 0. The van der Waals surface area contributed by atoms with Gasteiger partial charge in [0.05, 0.1) is 17.5 Å². The van der Waals surface area contributed by atoms with Gasteiger partial charge in [-0.15, -0.1) is 0 Å². The van der Waals surface area contributed by atoms with Crippen molar-refractivity contribution in [3.8, 4) is 0 Å². The molecule has 7 nitrogen and oxygen atoms in total. The standard InChI is InChI=1S/C22H20N2O5/c1-2-15-7-5-8-16(13-15)23-20(25)14-29-22(27)17-9-3-4-10-18(17)24-21(26)19-11-6-12-28-19/h3-13H,2,14H2,1H3,(H,23,25)(H,24,26). The molecule has 0 atom stereocenters. The molecule has 1 aromatic heterocycles. The minimum absolute atomic E-state index is 0.113. The number of aryl methyl sites for hydroxylation is 1. The van der Waals surface area contributed by atoms with Crippen molar-refractivity contribution in [3.63, 3.8) is 0 Å². The summed E-state index contributed by atoms with van der Waals surface area (Å²) in [7, 11) is 0. The minimum atomic E-state index is -0.724. The van der Waals surface area contributed by atoms with Gasteiger partial charge in [-0.3, -0.25) is 9.59 Å². The van der Waals surface area contributed by atoms with Crippen molar-refractivity contribution in [2.24, 2.45) is 0 Å². The van der Waals surface area contributed by atoms with Crippen molar-refractivity contribution in [2.75, 3.05) is 17.2 Å². The van der Waals surface area contributed by atoms with Gasteiger partial charge in [0.1, 0.15) is 0 Å². The van der Waals surface area contributed by atoms with Crippen molar-refractivity contribution < 1.29 is 23.5 Å². The van der Waals surface area contributed by atoms with E-state index >= 15 is 0 Å². The average molecular weight is 392 g/mol. The van der Waals surface area contributed by atoms with Gasteiger partial charge >= 0.3 is 5.97 Å². The maximum absolute atomic E-state index is 12.4. The van der Waals surface area contributed by atoms with Crippen molar-refractivity contribution in [2.45, 2.75) is 13.3 Å². The minimum Gasteiger partial charge on any atom is -0.459 e. The van der Waals surface area contributed by atoms with Crippen LogP contribution in [-0.4, -0.2) is 24.4 Å². The Morgan fingerprint density at radius 3 is 2.55 bits per heavy atom. The zero-order valence-corrected chi connectivity index (χ0v) is 15.8. The van der Waals surface area contributed by atoms with E-state index in [1.165, 1.54) is 18.4 Å². The monoisotopic (exact) mass is 392 g/mol. The van der Waals surface area contributed by atoms with Gasteiger partial charge in [0.2, 0.25) is 0 Å². The molecule has 148 valence electrons. The molecule has 0 saturated heterocycles. The molecule has 1 heterocycles. The number of hydrogen-bond donors (Lipinski definition) is 2. The van der Waals surface area contributed by atoms with Crippen molar-refractivity contribution >= 4 is 29.2 Å². The van der Waals surface area contributed by atoms with Crippen LogP contribution >= 0.6 is 0 Å². The van der Waals surface area contributed by atoms with Crippen LogP contribution in [0.3, 0.4) is 0 Å². The lowest BCUT2D eigenvalue weighted by Crippen LogP contribution is -2.22. The lowest BCUT2D eigenvalue weighted by atomic mass is 10.1. The van der Waals surface area contributed by atoms with E-state index in [0.29, 0.717) is 5.69 Å². The zero-order valence-electron chi connectivity index (χ0n) is 15.8. The van der Waals surface area contributed by atoms with Gasteiger partial charge in [0.25, 0.3) is 11.8 Å². The molecule has 0 radical (unpaired) electrons. The first kappa shape index (κ1) is 19.9. The third kappa shape index (κ3) is 5.32. The molecule has 3 rings (SSSR count). The highest BCUT2D eigenvalue weighted by molar-refractivity contribution is 6.07. The summed E-state index contributed by atoms with van der Waals surface area (Å²) < 4.78 is 10.1. The van der Waals surface area contributed by atoms with Crippen LogP contribution in [0.1, 0.15) is 33.4 Å². The molecule has 0 aliphatic rings. The molecule has 0 aliphatic carbocycles. The zero-order chi connectivity index (χ0) is 20.6. The average Bonchev–Trinajstić information content (AvgIpc) is 3.27. The molecule has 2 amide bonds. The van der Waals surface area contributed by atoms with E-state index in [1.807, 2.05) is 25.1 Å². The molecule has 7 heteroatoms. The molecule has 0 unspecified atom stereocenters. The van der Waals surface area contributed by atoms with E-state index < -0.39 is 24.4 Å². The number of carbonyl (C=O) groups excluding carboxylic acids is 3. The summed E-state index contributed by atoms with van der Waals surface area (Å²) in [6.07, 6.45) is 2.23. The summed E-state index contributed by atoms with van der Waals surface area (Å²) in [4.78, 5) is 36.7. The molecular formula is C22H20N2O5. The number of nitrogens with one attached hydrogen (secondary N) is 2. The van der Waals surface area contributed by atoms with Gasteiger partial charge in [-0.05, 0) is 48.4 Å². The van der Waals surface area contributed by atoms with E-state index in [-0.39, 0.29) is 17.0 Å². The Labute approximate surface area is 167 Å². The van der Waals surface area contributed by atoms with Crippen LogP contribution in [0.5, 0.6) is 0 Å². The topological polar surface area (TPSA) is 97.6 Å². The predicted octanol–water partition coefficient (Wildman–Crippen LogP) is 3.89. The molecule has 2 N–H and O–H groups in total. The van der Waals surface area contributed by atoms with Crippen LogP contribution in [0.2, 0.25) is 0 Å². The number of hydrogen-bond acceptors (Lipinski definition) is 5. The predicted molar refractivity (Wildman–Crippen MR) is 108 cm³/mol. The summed E-state index contributed by atoms with van der Waals surface area (Å²) in [5, 5.41) is 5.29. The quantitative estimate of drug-likeness (QED) is 0.595. The van der Waals surface area contributed by atoms with Crippen LogP contribution in [0, 0.1) is 0 Å². The van der Waals surface area contributed by atoms with Gasteiger partial charge in [0, 0.05) is 5.69 Å². The third-order valence-electron chi connectivity index (χ3n) is 4.09. The van der Waals surface area contributed by atoms with Crippen LogP contribution in [0.25, 0.3) is 0 Å². The van der Waals surface area contributed by atoms with Gasteiger partial charge in [0.15, 0.2) is 12.4 Å². The highest BCUT2D eigenvalue weighted by Gasteiger charge is 2.17. The first-order valence-corrected chi connectivity index (χ1v) is 9.06. The van der Waals surface area contributed by atoms with Gasteiger partial charge in [-0.25, -0.2) is 4.79 Å². The second kappa shape index (κ2) is 9.36. The van der Waals surface area contributed by atoms with Crippen LogP contribution in [-0.2, 0) is 16.0 Å². The van der Waals surface area contributed by atoms with Crippen LogP contribution < -0.4 is 10.6 Å². The van der Waals surface area contributed by atoms with Gasteiger partial charge < -0.3 is 19.8 Å². The van der Waals surface area contributed by atoms with Gasteiger partial charge in [-0.2, -0.15) is 0 Å². The molecule has 0 spiro atoms. The normalized spacial score (nSPS) is 10.2. The van der Waals surface area contributed by atoms with Crippen molar-refractivity contribution in [1.29, 1.82) is 0 Å². The first-order valence-electron chi connectivity index (χ1n) is 9.06. The Kier molecular flexibility index (Phi) is 6.42. The highest BCUT2D eigenvalue weighted by Crippen LogP contribution is 2.18. The summed E-state index contributed by atoms with van der Waals surface area (Å²) in [6.45, 7) is 1.57. The number of rotatable bonds is 7. The van der Waals surface area contributed by atoms with Crippen LogP contribution in [0.15, 0.2) is 71.3 Å². The molecule has 29 heavy (non-hydrogen) atoms. The SMILES string of the molecule is CCc1cccc(NC(=O)COC(=O)c2ccccc2NC(=O)c2ccco2)c1. The Morgan fingerprint density at radius 1 is 0.966 bits per heavy atom. The van der Waals surface area contributed by atoms with Gasteiger partial charge in [-0.1, -0.05) is 31.2 Å². The Hall–Kier alpha value is -3.87. The molecular weight excluding hydrogens is 372 g/mol. The smallest absolute Gasteiger partial charge is 0.340 e. The van der Waals surface area contributed by atoms with Crippen molar-refractivity contribution in [1.82, 2.24) is 0 Å². The Bertz CT molecular complexity index is 1010. The molecule has 0 saturated carbocycles. The maximum atomic E-state index is 12.4. The van der Waals surface area contributed by atoms with E-state index in [0.717, 1.165) is 12.0 Å². The molecule has 3 aromatic rings. The van der Waals surface area contributed by atoms with E-state index in [2.05, 4.69) is 10.6 Å².